The Balaban J connectivity index is 2.00. The molecule has 0 aliphatic rings. The lowest BCUT2D eigenvalue weighted by molar-refractivity contribution is 0.186. The zero-order chi connectivity index (χ0) is 12.1. The van der Waals surface area contributed by atoms with Crippen molar-refractivity contribution in [3.8, 4) is 0 Å². The first-order valence-corrected chi connectivity index (χ1v) is 7.30. The maximum absolute atomic E-state index is 9.11. The minimum Gasteiger partial charge on any atom is -0.395 e. The Morgan fingerprint density at radius 1 is 1.35 bits per heavy atom. The molecule has 17 heavy (non-hydrogen) atoms. The lowest BCUT2D eigenvalue weighted by Gasteiger charge is -2.19. The molecule has 3 nitrogen and oxygen atoms in total. The number of rotatable bonds is 6. The van der Waals surface area contributed by atoms with E-state index in [9.17, 15) is 0 Å². The molecule has 0 fully saturated rings. The lowest BCUT2D eigenvalue weighted by Crippen LogP contribution is -2.25. The van der Waals surface area contributed by atoms with Gasteiger partial charge in [-0.2, -0.15) is 0 Å². The maximum Gasteiger partial charge on any atom is 0.0798 e. The second kappa shape index (κ2) is 6.26. The largest absolute Gasteiger partial charge is 0.395 e. The lowest BCUT2D eigenvalue weighted by atomic mass is 10.3. The van der Waals surface area contributed by atoms with Crippen LogP contribution in [0.4, 0.5) is 0 Å². The summed E-state index contributed by atoms with van der Waals surface area (Å²) in [5.74, 6) is 0. The zero-order valence-electron chi connectivity index (χ0n) is 9.80. The van der Waals surface area contributed by atoms with Gasteiger partial charge in [-0.1, -0.05) is 6.07 Å². The van der Waals surface area contributed by atoms with E-state index < -0.39 is 0 Å². The van der Waals surface area contributed by atoms with E-state index in [0.717, 1.165) is 18.8 Å². The summed E-state index contributed by atoms with van der Waals surface area (Å²) in [7, 11) is 0. The van der Waals surface area contributed by atoms with Crippen LogP contribution in [0.5, 0.6) is 0 Å². The third-order valence-electron chi connectivity index (χ3n) is 2.59. The van der Waals surface area contributed by atoms with Gasteiger partial charge in [-0.15, -0.1) is 22.7 Å². The number of hydrogen-bond acceptors (Lipinski definition) is 5. The summed E-state index contributed by atoms with van der Waals surface area (Å²) in [6.07, 6.45) is 0. The molecule has 0 atom stereocenters. The molecule has 1 N–H and O–H groups in total. The molecule has 5 heteroatoms. The maximum atomic E-state index is 9.11. The molecule has 0 aliphatic heterocycles. The van der Waals surface area contributed by atoms with Crippen molar-refractivity contribution < 1.29 is 5.11 Å². The molecule has 0 aromatic carbocycles. The highest BCUT2D eigenvalue weighted by atomic mass is 32.1. The predicted molar refractivity (Wildman–Crippen MR) is 72.4 cm³/mol. The molecular weight excluding hydrogens is 252 g/mol. The van der Waals surface area contributed by atoms with Gasteiger partial charge < -0.3 is 5.11 Å². The standard InChI is InChI=1S/C12H16N2OS2/c1-10-12(17-9-13-10)8-14(4-5-15)7-11-3-2-6-16-11/h2-3,6,9,15H,4-5,7-8H2,1H3. The van der Waals surface area contributed by atoms with Gasteiger partial charge in [-0.05, 0) is 18.4 Å². The predicted octanol–water partition coefficient (Wildman–Crippen LogP) is 2.51. The van der Waals surface area contributed by atoms with Gasteiger partial charge in [0.05, 0.1) is 17.8 Å². The third kappa shape index (κ3) is 3.61. The molecule has 0 bridgehead atoms. The number of aliphatic hydroxyl groups is 1. The number of aryl methyl sites for hydroxylation is 1. The molecule has 2 heterocycles. The SMILES string of the molecule is Cc1ncsc1CN(CCO)Cc1cccs1. The van der Waals surface area contributed by atoms with E-state index in [1.807, 2.05) is 12.4 Å². The first kappa shape index (κ1) is 12.7. The van der Waals surface area contributed by atoms with E-state index in [1.54, 1.807) is 22.7 Å². The van der Waals surface area contributed by atoms with Crippen molar-refractivity contribution in [1.29, 1.82) is 0 Å². The summed E-state index contributed by atoms with van der Waals surface area (Å²) in [6, 6.07) is 4.20. The van der Waals surface area contributed by atoms with Gasteiger partial charge in [0, 0.05) is 29.4 Å². The molecule has 0 unspecified atom stereocenters. The minimum atomic E-state index is 0.198. The van der Waals surface area contributed by atoms with Crippen LogP contribution in [0.2, 0.25) is 0 Å². The molecule has 0 radical (unpaired) electrons. The van der Waals surface area contributed by atoms with Gasteiger partial charge in [0.25, 0.3) is 0 Å². The summed E-state index contributed by atoms with van der Waals surface area (Å²) >= 11 is 3.44. The Labute approximate surface area is 109 Å². The van der Waals surface area contributed by atoms with Crippen molar-refractivity contribution in [3.05, 3.63) is 38.5 Å². The minimum absolute atomic E-state index is 0.198. The van der Waals surface area contributed by atoms with Crippen LogP contribution < -0.4 is 0 Å². The van der Waals surface area contributed by atoms with Gasteiger partial charge in [0.15, 0.2) is 0 Å². The van der Waals surface area contributed by atoms with Gasteiger partial charge in [0.2, 0.25) is 0 Å². The fourth-order valence-corrected chi connectivity index (χ4v) is 3.22. The molecule has 2 rings (SSSR count). The molecule has 0 saturated heterocycles. The Morgan fingerprint density at radius 3 is 2.82 bits per heavy atom. The van der Waals surface area contributed by atoms with Crippen molar-refractivity contribution in [2.24, 2.45) is 0 Å². The molecule has 0 amide bonds. The van der Waals surface area contributed by atoms with Crippen LogP contribution in [0, 0.1) is 6.92 Å². The Hall–Kier alpha value is -0.750. The van der Waals surface area contributed by atoms with Crippen molar-refractivity contribution in [2.45, 2.75) is 20.0 Å². The number of aromatic nitrogens is 1. The van der Waals surface area contributed by atoms with Crippen molar-refractivity contribution in [1.82, 2.24) is 9.88 Å². The van der Waals surface area contributed by atoms with Crippen molar-refractivity contribution in [2.75, 3.05) is 13.2 Å². The fraction of sp³-hybridized carbons (Fsp3) is 0.417. The van der Waals surface area contributed by atoms with Gasteiger partial charge in [-0.25, -0.2) is 4.98 Å². The van der Waals surface area contributed by atoms with Crippen LogP contribution in [0.25, 0.3) is 0 Å². The average Bonchev–Trinajstić information content (AvgIpc) is 2.92. The van der Waals surface area contributed by atoms with E-state index in [1.165, 1.54) is 9.75 Å². The topological polar surface area (TPSA) is 36.4 Å². The van der Waals surface area contributed by atoms with E-state index in [0.29, 0.717) is 6.54 Å². The molecule has 0 spiro atoms. The van der Waals surface area contributed by atoms with Crippen LogP contribution in [-0.2, 0) is 13.1 Å². The van der Waals surface area contributed by atoms with Crippen molar-refractivity contribution >= 4 is 22.7 Å². The average molecular weight is 268 g/mol. The Morgan fingerprint density at radius 2 is 2.24 bits per heavy atom. The number of nitrogens with zero attached hydrogens (tertiary/aromatic N) is 2. The normalized spacial score (nSPS) is 11.2. The number of aliphatic hydroxyl groups excluding tert-OH is 1. The van der Waals surface area contributed by atoms with Crippen LogP contribution in [0.15, 0.2) is 23.0 Å². The highest BCUT2D eigenvalue weighted by Gasteiger charge is 2.10. The Kier molecular flexibility index (Phi) is 4.67. The number of thiophene rings is 1. The highest BCUT2D eigenvalue weighted by Crippen LogP contribution is 2.18. The summed E-state index contributed by atoms with van der Waals surface area (Å²) in [4.78, 5) is 9.14. The van der Waals surface area contributed by atoms with E-state index >= 15 is 0 Å². The van der Waals surface area contributed by atoms with E-state index in [-0.39, 0.29) is 6.61 Å². The quantitative estimate of drug-likeness (QED) is 0.874. The number of thiazole rings is 1. The van der Waals surface area contributed by atoms with Crippen molar-refractivity contribution in [3.63, 3.8) is 0 Å². The van der Waals surface area contributed by atoms with Crippen LogP contribution in [-0.4, -0.2) is 28.1 Å². The van der Waals surface area contributed by atoms with Crippen LogP contribution >= 0.6 is 22.7 Å². The number of hydrogen-bond donors (Lipinski definition) is 1. The summed E-state index contributed by atoms with van der Waals surface area (Å²) < 4.78 is 0. The smallest absolute Gasteiger partial charge is 0.0798 e. The molecule has 0 saturated carbocycles. The second-order valence-electron chi connectivity index (χ2n) is 3.87. The van der Waals surface area contributed by atoms with Crippen LogP contribution in [0.1, 0.15) is 15.4 Å². The summed E-state index contributed by atoms with van der Waals surface area (Å²) in [5.41, 5.74) is 2.98. The van der Waals surface area contributed by atoms with E-state index in [2.05, 4.69) is 27.4 Å². The van der Waals surface area contributed by atoms with Gasteiger partial charge >= 0.3 is 0 Å². The summed E-state index contributed by atoms with van der Waals surface area (Å²) in [5, 5.41) is 11.2. The highest BCUT2D eigenvalue weighted by molar-refractivity contribution is 7.10. The van der Waals surface area contributed by atoms with Gasteiger partial charge in [0.1, 0.15) is 0 Å². The fourth-order valence-electron chi connectivity index (χ4n) is 1.66. The first-order valence-electron chi connectivity index (χ1n) is 5.54. The zero-order valence-corrected chi connectivity index (χ0v) is 11.4. The Bertz CT molecular complexity index is 439. The second-order valence-corrected chi connectivity index (χ2v) is 5.85. The molecule has 2 aromatic rings. The van der Waals surface area contributed by atoms with Gasteiger partial charge in [-0.3, -0.25) is 4.90 Å². The summed E-state index contributed by atoms with van der Waals surface area (Å²) in [6.45, 7) is 4.71. The van der Waals surface area contributed by atoms with Crippen LogP contribution in [0.3, 0.4) is 0 Å². The molecule has 2 aromatic heterocycles. The third-order valence-corrected chi connectivity index (χ3v) is 4.37. The molecule has 92 valence electrons. The van der Waals surface area contributed by atoms with E-state index in [4.69, 9.17) is 5.11 Å². The molecule has 0 aliphatic carbocycles. The molecular formula is C12H16N2OS2. The monoisotopic (exact) mass is 268 g/mol. The first-order chi connectivity index (χ1) is 8.29.